The molecule has 0 saturated heterocycles. The molecule has 1 aliphatic heterocycles. The van der Waals surface area contributed by atoms with Crippen LogP contribution in [0.25, 0.3) is 0 Å². The van der Waals surface area contributed by atoms with Gasteiger partial charge >= 0.3 is 17.9 Å². The maximum atomic E-state index is 12.0. The average molecular weight is 263 g/mol. The second-order valence-corrected chi connectivity index (χ2v) is 4.21. The lowest BCUT2D eigenvalue weighted by atomic mass is 10.1. The average Bonchev–Trinajstić information content (AvgIpc) is 2.81. The van der Waals surface area contributed by atoms with Gasteiger partial charge in [-0.3, -0.25) is 0 Å². The highest BCUT2D eigenvalue weighted by molar-refractivity contribution is 5.94. The number of hydrogen-bond donors (Lipinski definition) is 2. The van der Waals surface area contributed by atoms with Crippen LogP contribution in [0.1, 0.15) is 5.56 Å². The molecular weight excluding hydrogens is 248 g/mol. The summed E-state index contributed by atoms with van der Waals surface area (Å²) >= 11 is 0. The van der Waals surface area contributed by atoms with Gasteiger partial charge in [0.2, 0.25) is 6.04 Å². The van der Waals surface area contributed by atoms with Crippen molar-refractivity contribution in [1.82, 2.24) is 4.90 Å². The van der Waals surface area contributed by atoms with Crippen molar-refractivity contribution in [2.45, 2.75) is 12.5 Å². The van der Waals surface area contributed by atoms with E-state index in [-0.39, 0.29) is 24.9 Å². The second-order valence-electron chi connectivity index (χ2n) is 4.21. The van der Waals surface area contributed by atoms with Gasteiger partial charge in [0.1, 0.15) is 6.54 Å². The molecule has 6 nitrogen and oxygen atoms in total. The molecule has 0 aromatic heterocycles. The van der Waals surface area contributed by atoms with Gasteiger partial charge in [-0.05, 0) is 5.56 Å². The van der Waals surface area contributed by atoms with Gasteiger partial charge in [0.15, 0.2) is 0 Å². The third kappa shape index (κ3) is 2.90. The van der Waals surface area contributed by atoms with E-state index in [1.807, 2.05) is 30.3 Å². The third-order valence-corrected chi connectivity index (χ3v) is 2.91. The fourth-order valence-electron chi connectivity index (χ4n) is 1.91. The van der Waals surface area contributed by atoms with Gasteiger partial charge < -0.3 is 9.84 Å². The molecule has 2 rings (SSSR count). The molecule has 0 fully saturated rings. The Balaban J connectivity index is 2.02. The molecule has 2 N–H and O–H groups in total. The van der Waals surface area contributed by atoms with Crippen molar-refractivity contribution in [2.24, 2.45) is 0 Å². The number of esters is 1. The van der Waals surface area contributed by atoms with Crippen LogP contribution >= 0.6 is 0 Å². The summed E-state index contributed by atoms with van der Waals surface area (Å²) in [6, 6.07) is 8.17. The van der Waals surface area contributed by atoms with Gasteiger partial charge in [-0.25, -0.2) is 14.6 Å². The highest BCUT2D eigenvalue weighted by Gasteiger charge is 2.41. The lowest BCUT2D eigenvalue weighted by Gasteiger charge is -2.07. The number of benzene rings is 1. The molecule has 19 heavy (non-hydrogen) atoms. The lowest BCUT2D eigenvalue weighted by Crippen LogP contribution is -2.79. The van der Waals surface area contributed by atoms with E-state index in [2.05, 4.69) is 9.73 Å². The summed E-state index contributed by atoms with van der Waals surface area (Å²) in [6.45, 7) is 0.0736. The number of methoxy groups -OCH3 is 1. The molecule has 1 aromatic rings. The van der Waals surface area contributed by atoms with Crippen molar-refractivity contribution in [3.63, 3.8) is 0 Å². The van der Waals surface area contributed by atoms with Crippen molar-refractivity contribution in [1.29, 1.82) is 0 Å². The number of carbonyl (C=O) groups is 2. The zero-order valence-corrected chi connectivity index (χ0v) is 10.5. The van der Waals surface area contributed by atoms with Gasteiger partial charge in [0.05, 0.1) is 13.5 Å². The minimum Gasteiger partial charge on any atom is -0.466 e. The Morgan fingerprint density at radius 1 is 1.42 bits per heavy atom. The van der Waals surface area contributed by atoms with E-state index in [4.69, 9.17) is 0 Å². The predicted molar refractivity (Wildman–Crippen MR) is 66.3 cm³/mol. The van der Waals surface area contributed by atoms with Crippen molar-refractivity contribution < 1.29 is 24.4 Å². The fraction of sp³-hybridized carbons (Fsp3) is 0.308. The molecule has 0 saturated carbocycles. The number of aliphatic hydroxyl groups excluding tert-OH is 1. The van der Waals surface area contributed by atoms with E-state index >= 15 is 0 Å². The summed E-state index contributed by atoms with van der Waals surface area (Å²) in [5.41, 5.74) is 0.849. The van der Waals surface area contributed by atoms with E-state index in [0.717, 1.165) is 10.5 Å². The zero-order chi connectivity index (χ0) is 13.8. The molecule has 1 aromatic carbocycles. The molecule has 0 bridgehead atoms. The van der Waals surface area contributed by atoms with Crippen molar-refractivity contribution in [3.05, 3.63) is 35.9 Å². The summed E-state index contributed by atoms with van der Waals surface area (Å²) in [4.78, 5) is 27.0. The molecule has 0 radical (unpaired) electrons. The number of ether oxygens (including phenoxy) is 1. The summed E-state index contributed by atoms with van der Waals surface area (Å²) in [7, 11) is 1.26. The van der Waals surface area contributed by atoms with Crippen LogP contribution in [0.5, 0.6) is 0 Å². The highest BCUT2D eigenvalue weighted by Crippen LogP contribution is 2.05. The molecule has 6 heteroatoms. The number of amidine groups is 1. The summed E-state index contributed by atoms with van der Waals surface area (Å²) in [5.74, 6) is -0.788. The lowest BCUT2D eigenvalue weighted by molar-refractivity contribution is -0.485. The fourth-order valence-corrected chi connectivity index (χ4v) is 1.91. The predicted octanol–water partition coefficient (Wildman–Crippen LogP) is -1.39. The first kappa shape index (κ1) is 13.1. The van der Waals surface area contributed by atoms with Crippen LogP contribution < -0.4 is 4.99 Å². The molecule has 1 aliphatic rings. The van der Waals surface area contributed by atoms with Gasteiger partial charge in [-0.2, -0.15) is 4.90 Å². The number of nitrogens with zero attached hydrogens (tertiary/aromatic N) is 1. The van der Waals surface area contributed by atoms with Crippen molar-refractivity contribution >= 4 is 17.9 Å². The zero-order valence-electron chi connectivity index (χ0n) is 10.5. The Morgan fingerprint density at radius 3 is 2.74 bits per heavy atom. The minimum absolute atomic E-state index is 0.0736. The first-order valence-electron chi connectivity index (χ1n) is 5.86. The van der Waals surface area contributed by atoms with Crippen LogP contribution in [0.2, 0.25) is 0 Å². The number of aliphatic hydroxyl groups is 1. The maximum absolute atomic E-state index is 12.0. The minimum atomic E-state index is -0.718. The Morgan fingerprint density at radius 2 is 2.11 bits per heavy atom. The van der Waals surface area contributed by atoms with Gasteiger partial charge in [0.25, 0.3) is 0 Å². The van der Waals surface area contributed by atoms with Crippen molar-refractivity contribution in [2.75, 3.05) is 13.7 Å². The summed E-state index contributed by atoms with van der Waals surface area (Å²) < 4.78 is 4.56. The Hall–Kier alpha value is -2.37. The van der Waals surface area contributed by atoms with Crippen LogP contribution in [0.15, 0.2) is 30.3 Å². The van der Waals surface area contributed by atoms with Crippen LogP contribution in [0, 0.1) is 0 Å². The first-order chi connectivity index (χ1) is 9.11. The van der Waals surface area contributed by atoms with Gasteiger partial charge in [-0.1, -0.05) is 30.3 Å². The Labute approximate surface area is 110 Å². The van der Waals surface area contributed by atoms with Crippen molar-refractivity contribution in [3.8, 4) is 0 Å². The molecule has 100 valence electrons. The number of hydrogen-bond acceptors (Lipinski definition) is 3. The standard InChI is InChI=1S/C13H14N2O4/c1-19-12(17)10-8-15(13(18)14-10)11(16)7-9-5-3-2-4-6-9/h2-6,10H,7-8H2,1H3,(H,14,18)/p+1. The van der Waals surface area contributed by atoms with E-state index in [1.165, 1.54) is 7.11 Å². The smallest absolute Gasteiger partial charge is 0.450 e. The molecule has 1 amide bonds. The monoisotopic (exact) mass is 263 g/mol. The van der Waals surface area contributed by atoms with Gasteiger partial charge in [-0.15, -0.1) is 0 Å². The molecule has 1 atom stereocenters. The SMILES string of the molecule is COC(=O)C1CN(C(=O)Cc2ccccc2)C(O)=[NH+]1. The van der Waals surface area contributed by atoms with E-state index in [9.17, 15) is 14.7 Å². The van der Waals surface area contributed by atoms with Gasteiger partial charge in [0, 0.05) is 0 Å². The Bertz CT molecular complexity index is 513. The second kappa shape index (κ2) is 5.51. The molecule has 1 unspecified atom stereocenters. The van der Waals surface area contributed by atoms with Crippen LogP contribution in [0.4, 0.5) is 0 Å². The quantitative estimate of drug-likeness (QED) is 0.658. The topological polar surface area (TPSA) is 80.8 Å². The van der Waals surface area contributed by atoms with E-state index in [0.29, 0.717) is 0 Å². The van der Waals surface area contributed by atoms with Crippen LogP contribution in [-0.4, -0.2) is 47.6 Å². The summed E-state index contributed by atoms with van der Waals surface area (Å²) in [5, 5.41) is 9.66. The third-order valence-electron chi connectivity index (χ3n) is 2.91. The number of rotatable bonds is 3. The molecule has 0 spiro atoms. The maximum Gasteiger partial charge on any atom is 0.450 e. The first-order valence-corrected chi connectivity index (χ1v) is 5.86. The molecule has 1 heterocycles. The van der Waals surface area contributed by atoms with Crippen LogP contribution in [-0.2, 0) is 20.7 Å². The van der Waals surface area contributed by atoms with E-state index in [1.54, 1.807) is 0 Å². The molecule has 0 aliphatic carbocycles. The summed E-state index contributed by atoms with van der Waals surface area (Å²) in [6.07, 6.45) is 0.167. The van der Waals surface area contributed by atoms with E-state index < -0.39 is 12.0 Å². The normalized spacial score (nSPS) is 18.1. The Kier molecular flexibility index (Phi) is 3.79. The largest absolute Gasteiger partial charge is 0.466 e. The van der Waals surface area contributed by atoms with Crippen LogP contribution in [0.3, 0.4) is 0 Å². The number of carbonyl (C=O) groups excluding carboxylic acids is 2. The number of amides is 1. The highest BCUT2D eigenvalue weighted by atomic mass is 16.5. The molecular formula is C13H15N2O4+. The number of nitrogens with one attached hydrogen (secondary N) is 1.